The minimum atomic E-state index is -4.44. The number of alkyl halides is 3. The van der Waals surface area contributed by atoms with Crippen LogP contribution < -0.4 is 5.32 Å². The molecule has 1 aromatic rings. The highest BCUT2D eigenvalue weighted by atomic mass is 32.2. The Labute approximate surface area is 143 Å². The number of nitrogens with one attached hydrogen (secondary N) is 1. The van der Waals surface area contributed by atoms with Crippen molar-refractivity contribution in [2.24, 2.45) is 0 Å². The van der Waals surface area contributed by atoms with Crippen LogP contribution in [0.2, 0.25) is 0 Å². The SMILES string of the molecule is CCN(CC(=O)NC(C)C)C(=O)CSc1ccc(C(F)(F)F)cn1. The predicted octanol–water partition coefficient (Wildman–Crippen LogP) is 2.57. The van der Waals surface area contributed by atoms with E-state index in [2.05, 4.69) is 10.3 Å². The van der Waals surface area contributed by atoms with Gasteiger partial charge in [0, 0.05) is 18.8 Å². The zero-order valence-electron chi connectivity index (χ0n) is 13.7. The molecule has 0 fully saturated rings. The van der Waals surface area contributed by atoms with Crippen LogP contribution in [0.1, 0.15) is 26.3 Å². The number of carbonyl (C=O) groups excluding carboxylic acids is 2. The molecular weight excluding hydrogens is 343 g/mol. The van der Waals surface area contributed by atoms with Crippen LogP contribution in [0.5, 0.6) is 0 Å². The van der Waals surface area contributed by atoms with E-state index in [9.17, 15) is 22.8 Å². The highest BCUT2D eigenvalue weighted by molar-refractivity contribution is 7.99. The van der Waals surface area contributed by atoms with Crippen molar-refractivity contribution in [3.63, 3.8) is 0 Å². The Bertz CT molecular complexity index is 562. The van der Waals surface area contributed by atoms with Crippen molar-refractivity contribution in [1.82, 2.24) is 15.2 Å². The maximum absolute atomic E-state index is 12.5. The molecule has 5 nitrogen and oxygen atoms in total. The van der Waals surface area contributed by atoms with Gasteiger partial charge in [0.2, 0.25) is 11.8 Å². The Hall–Kier alpha value is -1.77. The average Bonchev–Trinajstić information content (AvgIpc) is 2.49. The van der Waals surface area contributed by atoms with Crippen molar-refractivity contribution >= 4 is 23.6 Å². The van der Waals surface area contributed by atoms with Crippen LogP contribution in [0.4, 0.5) is 13.2 Å². The van der Waals surface area contributed by atoms with Gasteiger partial charge in [-0.2, -0.15) is 13.2 Å². The molecule has 0 unspecified atom stereocenters. The number of pyridine rings is 1. The summed E-state index contributed by atoms with van der Waals surface area (Å²) in [6.45, 7) is 5.71. The van der Waals surface area contributed by atoms with Gasteiger partial charge in [-0.3, -0.25) is 9.59 Å². The predicted molar refractivity (Wildman–Crippen MR) is 85.5 cm³/mol. The summed E-state index contributed by atoms with van der Waals surface area (Å²) in [4.78, 5) is 28.9. The van der Waals surface area contributed by atoms with Crippen LogP contribution in [0, 0.1) is 0 Å². The van der Waals surface area contributed by atoms with Gasteiger partial charge >= 0.3 is 6.18 Å². The minimum absolute atomic E-state index is 0.00115. The Balaban J connectivity index is 2.55. The molecule has 0 saturated heterocycles. The number of amides is 2. The summed E-state index contributed by atoms with van der Waals surface area (Å²) in [7, 11) is 0. The van der Waals surface area contributed by atoms with Crippen molar-refractivity contribution in [3.8, 4) is 0 Å². The van der Waals surface area contributed by atoms with Gasteiger partial charge in [-0.05, 0) is 32.9 Å². The lowest BCUT2D eigenvalue weighted by atomic mass is 10.3. The molecule has 1 N–H and O–H groups in total. The molecule has 0 aromatic carbocycles. The van der Waals surface area contributed by atoms with Gasteiger partial charge in [-0.25, -0.2) is 4.98 Å². The molecule has 24 heavy (non-hydrogen) atoms. The second-order valence-electron chi connectivity index (χ2n) is 5.30. The number of nitrogens with zero attached hydrogens (tertiary/aromatic N) is 2. The molecule has 0 bridgehead atoms. The highest BCUT2D eigenvalue weighted by Crippen LogP contribution is 2.29. The number of likely N-dealkylation sites (N-methyl/N-ethyl adjacent to an activating group) is 1. The maximum atomic E-state index is 12.5. The molecule has 0 radical (unpaired) electrons. The molecule has 1 heterocycles. The summed E-state index contributed by atoms with van der Waals surface area (Å²) in [5.41, 5.74) is -0.835. The van der Waals surface area contributed by atoms with Crippen molar-refractivity contribution in [2.75, 3.05) is 18.8 Å². The number of hydrogen-bond donors (Lipinski definition) is 1. The van der Waals surface area contributed by atoms with Crippen LogP contribution in [0.25, 0.3) is 0 Å². The topological polar surface area (TPSA) is 62.3 Å². The van der Waals surface area contributed by atoms with Gasteiger partial charge in [0.25, 0.3) is 0 Å². The van der Waals surface area contributed by atoms with Crippen LogP contribution in [-0.4, -0.2) is 46.6 Å². The summed E-state index contributed by atoms with van der Waals surface area (Å²) in [5, 5.41) is 3.02. The van der Waals surface area contributed by atoms with Crippen molar-refractivity contribution < 1.29 is 22.8 Å². The second kappa shape index (κ2) is 8.91. The van der Waals surface area contributed by atoms with Crippen molar-refractivity contribution in [3.05, 3.63) is 23.9 Å². The first-order valence-electron chi connectivity index (χ1n) is 7.36. The lowest BCUT2D eigenvalue weighted by molar-refractivity contribution is -0.138. The van der Waals surface area contributed by atoms with E-state index in [1.54, 1.807) is 6.92 Å². The van der Waals surface area contributed by atoms with Gasteiger partial charge < -0.3 is 10.2 Å². The Morgan fingerprint density at radius 3 is 2.46 bits per heavy atom. The van der Waals surface area contributed by atoms with E-state index in [0.717, 1.165) is 24.0 Å². The second-order valence-corrected chi connectivity index (χ2v) is 6.30. The smallest absolute Gasteiger partial charge is 0.352 e. The normalized spacial score (nSPS) is 11.5. The number of hydrogen-bond acceptors (Lipinski definition) is 4. The van der Waals surface area contributed by atoms with E-state index in [0.29, 0.717) is 11.6 Å². The molecule has 2 amide bonds. The third kappa shape index (κ3) is 6.77. The lowest BCUT2D eigenvalue weighted by Crippen LogP contribution is -2.43. The van der Waals surface area contributed by atoms with E-state index in [1.807, 2.05) is 13.8 Å². The number of rotatable bonds is 7. The standard InChI is InChI=1S/C15H20F3N3O2S/c1-4-21(8-12(22)20-10(2)3)14(23)9-24-13-6-5-11(7-19-13)15(16,17)18/h5-7,10H,4,8-9H2,1-3H3,(H,20,22). The number of thioether (sulfide) groups is 1. The van der Waals surface area contributed by atoms with Crippen LogP contribution in [0.3, 0.4) is 0 Å². The van der Waals surface area contributed by atoms with Gasteiger partial charge in [-0.1, -0.05) is 11.8 Å². The molecule has 0 atom stereocenters. The average molecular weight is 363 g/mol. The molecule has 1 aromatic heterocycles. The van der Waals surface area contributed by atoms with Crippen molar-refractivity contribution in [2.45, 2.75) is 38.0 Å². The quantitative estimate of drug-likeness (QED) is 0.757. The largest absolute Gasteiger partial charge is 0.417 e. The number of aromatic nitrogens is 1. The van der Waals surface area contributed by atoms with E-state index < -0.39 is 11.7 Å². The fourth-order valence-corrected chi connectivity index (χ4v) is 2.52. The van der Waals surface area contributed by atoms with E-state index >= 15 is 0 Å². The molecule has 134 valence electrons. The Morgan fingerprint density at radius 1 is 1.33 bits per heavy atom. The first-order chi connectivity index (χ1) is 11.1. The number of carbonyl (C=O) groups is 2. The molecule has 0 aliphatic rings. The molecule has 0 spiro atoms. The van der Waals surface area contributed by atoms with Gasteiger partial charge in [0.1, 0.15) is 0 Å². The zero-order valence-corrected chi connectivity index (χ0v) is 14.5. The molecule has 0 saturated carbocycles. The van der Waals surface area contributed by atoms with Gasteiger partial charge in [-0.15, -0.1) is 0 Å². The first-order valence-corrected chi connectivity index (χ1v) is 8.35. The van der Waals surface area contributed by atoms with E-state index in [-0.39, 0.29) is 30.2 Å². The fourth-order valence-electron chi connectivity index (χ4n) is 1.78. The minimum Gasteiger partial charge on any atom is -0.352 e. The number of halogens is 3. The van der Waals surface area contributed by atoms with Crippen LogP contribution in [-0.2, 0) is 15.8 Å². The first kappa shape index (κ1) is 20.3. The van der Waals surface area contributed by atoms with Crippen LogP contribution >= 0.6 is 11.8 Å². The van der Waals surface area contributed by atoms with Crippen molar-refractivity contribution in [1.29, 1.82) is 0 Å². The summed E-state index contributed by atoms with van der Waals surface area (Å²) < 4.78 is 37.4. The van der Waals surface area contributed by atoms with E-state index in [1.165, 1.54) is 11.0 Å². The molecule has 0 aliphatic carbocycles. The highest BCUT2D eigenvalue weighted by Gasteiger charge is 2.30. The molecule has 9 heteroatoms. The maximum Gasteiger partial charge on any atom is 0.417 e. The third-order valence-electron chi connectivity index (χ3n) is 2.93. The molecule has 0 aliphatic heterocycles. The fraction of sp³-hybridized carbons (Fsp3) is 0.533. The third-order valence-corrected chi connectivity index (χ3v) is 3.85. The summed E-state index contributed by atoms with van der Waals surface area (Å²) in [5.74, 6) is -0.526. The summed E-state index contributed by atoms with van der Waals surface area (Å²) >= 11 is 1.03. The van der Waals surface area contributed by atoms with Gasteiger partial charge in [0.15, 0.2) is 0 Å². The zero-order chi connectivity index (χ0) is 18.3. The monoisotopic (exact) mass is 363 g/mol. The summed E-state index contributed by atoms with van der Waals surface area (Å²) in [6.07, 6.45) is -3.70. The summed E-state index contributed by atoms with van der Waals surface area (Å²) in [6, 6.07) is 2.13. The lowest BCUT2D eigenvalue weighted by Gasteiger charge is -2.21. The van der Waals surface area contributed by atoms with Gasteiger partial charge in [0.05, 0.1) is 22.9 Å². The molecular formula is C15H20F3N3O2S. The Morgan fingerprint density at radius 2 is 2.00 bits per heavy atom. The Kier molecular flexibility index (Phi) is 7.53. The van der Waals surface area contributed by atoms with E-state index in [4.69, 9.17) is 0 Å². The van der Waals surface area contributed by atoms with Crippen LogP contribution in [0.15, 0.2) is 23.4 Å². The molecule has 1 rings (SSSR count).